The first-order valence-corrected chi connectivity index (χ1v) is 7.75. The molecule has 4 nitrogen and oxygen atoms in total. The maximum absolute atomic E-state index is 11.0. The highest BCUT2D eigenvalue weighted by atomic mass is 16.4. The van der Waals surface area contributed by atoms with Gasteiger partial charge in [-0.05, 0) is 49.9 Å². The third-order valence-electron chi connectivity index (χ3n) is 4.66. The topological polar surface area (TPSA) is 55.1 Å². The number of aliphatic carboxylic acids is 1. The van der Waals surface area contributed by atoms with Gasteiger partial charge in [-0.3, -0.25) is 4.79 Å². The highest BCUT2D eigenvalue weighted by molar-refractivity contribution is 5.78. The van der Waals surface area contributed by atoms with Crippen molar-refractivity contribution < 1.29 is 9.90 Å². The van der Waals surface area contributed by atoms with E-state index in [0.717, 1.165) is 16.9 Å². The number of carboxylic acids is 1. The summed E-state index contributed by atoms with van der Waals surface area (Å²) in [6, 6.07) is 4.28. The van der Waals surface area contributed by atoms with E-state index in [0.29, 0.717) is 12.5 Å². The minimum Gasteiger partial charge on any atom is -0.481 e. The molecule has 4 heteroatoms. The van der Waals surface area contributed by atoms with Crippen molar-refractivity contribution in [1.29, 1.82) is 0 Å². The number of carbonyl (C=O) groups is 1. The van der Waals surface area contributed by atoms with Crippen LogP contribution in [0.3, 0.4) is 0 Å². The van der Waals surface area contributed by atoms with Gasteiger partial charge in [0.05, 0.1) is 17.5 Å². The van der Waals surface area contributed by atoms with Gasteiger partial charge < -0.3 is 9.67 Å². The lowest BCUT2D eigenvalue weighted by atomic mass is 10.1. The fourth-order valence-corrected chi connectivity index (χ4v) is 3.34. The molecular weight excluding hydrogens is 264 g/mol. The summed E-state index contributed by atoms with van der Waals surface area (Å²) >= 11 is 0. The summed E-state index contributed by atoms with van der Waals surface area (Å²) < 4.78 is 2.14. The van der Waals surface area contributed by atoms with Gasteiger partial charge in [-0.15, -0.1) is 0 Å². The van der Waals surface area contributed by atoms with Crippen LogP contribution < -0.4 is 0 Å². The zero-order valence-electron chi connectivity index (χ0n) is 12.7. The number of carboxylic acid groups (broad SMARTS) is 1. The maximum atomic E-state index is 11.0. The normalized spacial score (nSPS) is 15.9. The highest BCUT2D eigenvalue weighted by Crippen LogP contribution is 2.35. The largest absolute Gasteiger partial charge is 0.481 e. The Balaban J connectivity index is 2.10. The second kappa shape index (κ2) is 5.51. The van der Waals surface area contributed by atoms with Crippen molar-refractivity contribution in [3.63, 3.8) is 0 Å². The molecule has 0 unspecified atom stereocenters. The fraction of sp³-hybridized carbons (Fsp3) is 0.529. The number of aromatic nitrogens is 2. The average Bonchev–Trinajstić information content (AvgIpc) is 3.04. The molecule has 1 aliphatic carbocycles. The van der Waals surface area contributed by atoms with E-state index < -0.39 is 5.97 Å². The first-order chi connectivity index (χ1) is 10.1. The van der Waals surface area contributed by atoms with Crippen LogP contribution in [0.15, 0.2) is 12.1 Å². The van der Waals surface area contributed by atoms with Gasteiger partial charge in [0, 0.05) is 12.5 Å². The van der Waals surface area contributed by atoms with E-state index in [2.05, 4.69) is 30.5 Å². The van der Waals surface area contributed by atoms with Crippen LogP contribution in [0.2, 0.25) is 0 Å². The number of rotatable bonds is 4. The third-order valence-corrected chi connectivity index (χ3v) is 4.66. The Bertz CT molecular complexity index is 682. The van der Waals surface area contributed by atoms with Crippen molar-refractivity contribution in [1.82, 2.24) is 9.55 Å². The second-order valence-electron chi connectivity index (χ2n) is 6.17. The lowest BCUT2D eigenvalue weighted by molar-refractivity contribution is -0.137. The minimum atomic E-state index is -0.752. The third kappa shape index (κ3) is 2.67. The summed E-state index contributed by atoms with van der Waals surface area (Å²) in [5, 5.41) is 9.01. The van der Waals surface area contributed by atoms with Crippen LogP contribution in [0.25, 0.3) is 11.0 Å². The number of imidazole rings is 1. The molecule has 0 aliphatic heterocycles. The van der Waals surface area contributed by atoms with Gasteiger partial charge in [0.25, 0.3) is 0 Å². The summed E-state index contributed by atoms with van der Waals surface area (Å²) in [6.45, 7) is 4.71. The first kappa shape index (κ1) is 14.1. The van der Waals surface area contributed by atoms with E-state index in [1.807, 2.05) is 0 Å². The molecule has 0 atom stereocenters. The van der Waals surface area contributed by atoms with Gasteiger partial charge in [-0.1, -0.05) is 12.8 Å². The molecule has 1 aromatic carbocycles. The molecule has 3 rings (SSSR count). The van der Waals surface area contributed by atoms with E-state index in [9.17, 15) is 4.79 Å². The monoisotopic (exact) mass is 286 g/mol. The predicted molar refractivity (Wildman–Crippen MR) is 82.7 cm³/mol. The van der Waals surface area contributed by atoms with Crippen LogP contribution >= 0.6 is 0 Å². The molecular formula is C17H22N2O2. The zero-order valence-corrected chi connectivity index (χ0v) is 12.7. The number of aryl methyl sites for hydroxylation is 3. The highest BCUT2D eigenvalue weighted by Gasteiger charge is 2.24. The van der Waals surface area contributed by atoms with Crippen LogP contribution in [0.4, 0.5) is 0 Å². The Labute approximate surface area is 124 Å². The molecule has 1 aliphatic rings. The van der Waals surface area contributed by atoms with Gasteiger partial charge in [0.2, 0.25) is 0 Å². The van der Waals surface area contributed by atoms with Crippen LogP contribution in [0.1, 0.15) is 55.0 Å². The molecule has 1 fully saturated rings. The molecule has 1 heterocycles. The summed E-state index contributed by atoms with van der Waals surface area (Å²) in [5.74, 6) is 0.832. The Hall–Kier alpha value is -1.84. The molecule has 0 saturated heterocycles. The molecule has 1 aromatic heterocycles. The van der Waals surface area contributed by atoms with Crippen LogP contribution in [0, 0.1) is 13.8 Å². The van der Waals surface area contributed by atoms with E-state index in [-0.39, 0.29) is 6.42 Å². The first-order valence-electron chi connectivity index (χ1n) is 7.75. The van der Waals surface area contributed by atoms with Crippen molar-refractivity contribution in [3.05, 3.63) is 29.1 Å². The minimum absolute atomic E-state index is 0.151. The molecule has 1 N–H and O–H groups in total. The van der Waals surface area contributed by atoms with Crippen LogP contribution in [-0.4, -0.2) is 20.6 Å². The van der Waals surface area contributed by atoms with Crippen molar-refractivity contribution in [2.45, 2.75) is 58.4 Å². The van der Waals surface area contributed by atoms with Crippen molar-refractivity contribution in [2.24, 2.45) is 0 Å². The molecule has 0 bridgehead atoms. The molecule has 2 aromatic rings. The summed E-state index contributed by atoms with van der Waals surface area (Å²) in [4.78, 5) is 15.8. The van der Waals surface area contributed by atoms with Crippen molar-refractivity contribution >= 4 is 17.0 Å². The van der Waals surface area contributed by atoms with Gasteiger partial charge in [0.1, 0.15) is 5.82 Å². The lowest BCUT2D eigenvalue weighted by Gasteiger charge is -2.13. The number of hydrogen-bond donors (Lipinski definition) is 1. The fourth-order valence-electron chi connectivity index (χ4n) is 3.34. The Morgan fingerprint density at radius 3 is 2.62 bits per heavy atom. The van der Waals surface area contributed by atoms with E-state index in [1.54, 1.807) is 0 Å². The quantitative estimate of drug-likeness (QED) is 0.930. The Kier molecular flexibility index (Phi) is 3.70. The Morgan fingerprint density at radius 1 is 1.29 bits per heavy atom. The SMILES string of the molecule is Cc1cc2nc(C3CCCC3)n(CCC(=O)O)c2cc1C. The van der Waals surface area contributed by atoms with Crippen molar-refractivity contribution in [2.75, 3.05) is 0 Å². The average molecular weight is 286 g/mol. The lowest BCUT2D eigenvalue weighted by Crippen LogP contribution is -2.10. The van der Waals surface area contributed by atoms with Crippen LogP contribution in [-0.2, 0) is 11.3 Å². The van der Waals surface area contributed by atoms with E-state index >= 15 is 0 Å². The molecule has 0 amide bonds. The number of hydrogen-bond acceptors (Lipinski definition) is 2. The molecule has 112 valence electrons. The van der Waals surface area contributed by atoms with Gasteiger partial charge >= 0.3 is 5.97 Å². The van der Waals surface area contributed by atoms with Gasteiger partial charge in [-0.25, -0.2) is 4.98 Å². The van der Waals surface area contributed by atoms with Crippen LogP contribution in [0.5, 0.6) is 0 Å². The summed E-state index contributed by atoms with van der Waals surface area (Å²) in [6.07, 6.45) is 5.01. The molecule has 1 saturated carbocycles. The van der Waals surface area contributed by atoms with Crippen molar-refractivity contribution in [3.8, 4) is 0 Å². The predicted octanol–water partition coefficient (Wildman–Crippen LogP) is 3.79. The van der Waals surface area contributed by atoms with E-state index in [1.165, 1.54) is 36.8 Å². The van der Waals surface area contributed by atoms with Gasteiger partial charge in [0.15, 0.2) is 0 Å². The smallest absolute Gasteiger partial charge is 0.305 e. The Morgan fingerprint density at radius 2 is 1.95 bits per heavy atom. The molecule has 21 heavy (non-hydrogen) atoms. The summed E-state index contributed by atoms with van der Waals surface area (Å²) in [7, 11) is 0. The van der Waals surface area contributed by atoms with Gasteiger partial charge in [-0.2, -0.15) is 0 Å². The standard InChI is InChI=1S/C17H22N2O2/c1-11-9-14-15(10-12(11)2)19(8-7-16(20)21)17(18-14)13-5-3-4-6-13/h9-10,13H,3-8H2,1-2H3,(H,20,21). The molecule has 0 spiro atoms. The zero-order chi connectivity index (χ0) is 15.0. The number of nitrogens with zero attached hydrogens (tertiary/aromatic N) is 2. The number of benzene rings is 1. The van der Waals surface area contributed by atoms with E-state index in [4.69, 9.17) is 10.1 Å². The maximum Gasteiger partial charge on any atom is 0.305 e. The number of fused-ring (bicyclic) bond motifs is 1. The summed E-state index contributed by atoms with van der Waals surface area (Å²) in [5.41, 5.74) is 4.56. The molecule has 0 radical (unpaired) electrons. The second-order valence-corrected chi connectivity index (χ2v) is 6.17.